The molecule has 5 rings (SSSR count). The standard InChI is InChI=1S/C22H26N2O4/c25-21-13-17(18-11-15-3-1-4-16(15)12-20(18)28-21)14-23-6-8-24(9-7-23)22(26)19-5-2-10-27-19/h11-13,19H,1-10,14H2. The number of fused-ring (bicyclic) bond motifs is 2. The second-order valence-electron chi connectivity index (χ2n) is 8.16. The van der Waals surface area contributed by atoms with Crippen LogP contribution in [0.5, 0.6) is 0 Å². The molecule has 1 unspecified atom stereocenters. The van der Waals surface area contributed by atoms with E-state index in [-0.39, 0.29) is 17.6 Å². The molecule has 0 radical (unpaired) electrons. The van der Waals surface area contributed by atoms with Crippen LogP contribution >= 0.6 is 0 Å². The minimum absolute atomic E-state index is 0.138. The molecule has 0 bridgehead atoms. The van der Waals surface area contributed by atoms with Crippen molar-refractivity contribution in [2.24, 2.45) is 0 Å². The van der Waals surface area contributed by atoms with Crippen LogP contribution in [0.3, 0.4) is 0 Å². The van der Waals surface area contributed by atoms with Crippen LogP contribution in [0.25, 0.3) is 11.0 Å². The van der Waals surface area contributed by atoms with Gasteiger partial charge in [0.15, 0.2) is 0 Å². The highest BCUT2D eigenvalue weighted by Crippen LogP contribution is 2.29. The monoisotopic (exact) mass is 382 g/mol. The highest BCUT2D eigenvalue weighted by molar-refractivity contribution is 5.82. The number of benzene rings is 1. The van der Waals surface area contributed by atoms with Crippen LogP contribution in [0.2, 0.25) is 0 Å². The largest absolute Gasteiger partial charge is 0.423 e. The molecule has 0 spiro atoms. The second-order valence-corrected chi connectivity index (χ2v) is 8.16. The fourth-order valence-electron chi connectivity index (χ4n) is 4.77. The number of piperazine rings is 1. The van der Waals surface area contributed by atoms with Crippen LogP contribution in [0.4, 0.5) is 0 Å². The van der Waals surface area contributed by atoms with Gasteiger partial charge in [-0.15, -0.1) is 0 Å². The lowest BCUT2D eigenvalue weighted by atomic mass is 10.0. The summed E-state index contributed by atoms with van der Waals surface area (Å²) in [7, 11) is 0. The normalized spacial score (nSPS) is 22.7. The first-order valence-electron chi connectivity index (χ1n) is 10.4. The quantitative estimate of drug-likeness (QED) is 0.761. The van der Waals surface area contributed by atoms with Crippen LogP contribution in [0.1, 0.15) is 36.0 Å². The Labute approximate surface area is 164 Å². The molecule has 2 fully saturated rings. The smallest absolute Gasteiger partial charge is 0.336 e. The van der Waals surface area contributed by atoms with Crippen molar-refractivity contribution < 1.29 is 13.9 Å². The number of amides is 1. The number of carbonyl (C=O) groups excluding carboxylic acids is 1. The van der Waals surface area contributed by atoms with Gasteiger partial charge < -0.3 is 14.1 Å². The van der Waals surface area contributed by atoms with E-state index in [1.165, 1.54) is 17.5 Å². The molecule has 2 aromatic rings. The number of carbonyl (C=O) groups is 1. The fourth-order valence-corrected chi connectivity index (χ4v) is 4.77. The van der Waals surface area contributed by atoms with Crippen LogP contribution in [-0.2, 0) is 28.9 Å². The van der Waals surface area contributed by atoms with Crippen molar-refractivity contribution in [3.05, 3.63) is 45.3 Å². The summed E-state index contributed by atoms with van der Waals surface area (Å²) in [6, 6.07) is 5.90. The van der Waals surface area contributed by atoms with E-state index >= 15 is 0 Å². The van der Waals surface area contributed by atoms with Gasteiger partial charge in [-0.25, -0.2) is 4.79 Å². The van der Waals surface area contributed by atoms with Crippen molar-refractivity contribution in [1.29, 1.82) is 0 Å². The molecule has 3 aliphatic rings. The number of hydrogen-bond acceptors (Lipinski definition) is 5. The predicted octanol–water partition coefficient (Wildman–Crippen LogP) is 2.10. The summed E-state index contributed by atoms with van der Waals surface area (Å²) in [4.78, 5) is 28.9. The van der Waals surface area contributed by atoms with Crippen molar-refractivity contribution in [3.63, 3.8) is 0 Å². The summed E-state index contributed by atoms with van der Waals surface area (Å²) < 4.78 is 11.0. The van der Waals surface area contributed by atoms with Crippen LogP contribution < -0.4 is 5.63 Å². The third-order valence-corrected chi connectivity index (χ3v) is 6.33. The lowest BCUT2D eigenvalue weighted by molar-refractivity contribution is -0.142. The SMILES string of the molecule is O=C(C1CCCO1)N1CCN(Cc2cc(=O)oc3cc4c(cc23)CCC4)CC1. The first kappa shape index (κ1) is 17.9. The van der Waals surface area contributed by atoms with Gasteiger partial charge in [0.05, 0.1) is 0 Å². The zero-order chi connectivity index (χ0) is 19.1. The Bertz CT molecular complexity index is 953. The van der Waals surface area contributed by atoms with Gasteiger partial charge in [-0.1, -0.05) is 0 Å². The van der Waals surface area contributed by atoms with Crippen LogP contribution in [0, 0.1) is 0 Å². The maximum atomic E-state index is 12.5. The first-order valence-corrected chi connectivity index (χ1v) is 10.4. The highest BCUT2D eigenvalue weighted by Gasteiger charge is 2.30. The predicted molar refractivity (Wildman–Crippen MR) is 105 cm³/mol. The molecule has 28 heavy (non-hydrogen) atoms. The van der Waals surface area contributed by atoms with Gasteiger partial charge in [-0.2, -0.15) is 0 Å². The molecule has 2 aliphatic heterocycles. The van der Waals surface area contributed by atoms with E-state index in [1.54, 1.807) is 6.07 Å². The van der Waals surface area contributed by atoms with Crippen LogP contribution in [0.15, 0.2) is 27.4 Å². The van der Waals surface area contributed by atoms with Gasteiger partial charge in [-0.05, 0) is 60.9 Å². The van der Waals surface area contributed by atoms with Crippen molar-refractivity contribution in [2.75, 3.05) is 32.8 Å². The fraction of sp³-hybridized carbons (Fsp3) is 0.545. The molecule has 3 heterocycles. The van der Waals surface area contributed by atoms with Gasteiger partial charge in [0.1, 0.15) is 11.7 Å². The molecule has 6 nitrogen and oxygen atoms in total. The zero-order valence-electron chi connectivity index (χ0n) is 16.1. The summed E-state index contributed by atoms with van der Waals surface area (Å²) in [5.74, 6) is 0.138. The minimum atomic E-state index is -0.285. The number of rotatable bonds is 3. The third-order valence-electron chi connectivity index (χ3n) is 6.33. The Morgan fingerprint density at radius 1 is 1.04 bits per heavy atom. The van der Waals surface area contributed by atoms with Crippen molar-refractivity contribution in [3.8, 4) is 0 Å². The second kappa shape index (κ2) is 7.33. The van der Waals surface area contributed by atoms with E-state index in [9.17, 15) is 9.59 Å². The molecule has 1 aliphatic carbocycles. The van der Waals surface area contributed by atoms with Gasteiger partial charge >= 0.3 is 5.63 Å². The Morgan fingerprint density at radius 2 is 1.82 bits per heavy atom. The van der Waals surface area contributed by atoms with Gasteiger partial charge in [0.2, 0.25) is 0 Å². The Balaban J connectivity index is 1.31. The van der Waals surface area contributed by atoms with E-state index in [4.69, 9.17) is 9.15 Å². The highest BCUT2D eigenvalue weighted by atomic mass is 16.5. The molecule has 0 saturated carbocycles. The Morgan fingerprint density at radius 3 is 2.57 bits per heavy atom. The number of ether oxygens (including phenoxy) is 1. The number of aryl methyl sites for hydroxylation is 2. The Kier molecular flexibility index (Phi) is 4.69. The lowest BCUT2D eigenvalue weighted by Crippen LogP contribution is -2.51. The van der Waals surface area contributed by atoms with Crippen molar-refractivity contribution >= 4 is 16.9 Å². The summed E-state index contributed by atoms with van der Waals surface area (Å²) in [6.07, 6.45) is 4.93. The number of hydrogen-bond donors (Lipinski definition) is 0. The summed E-state index contributed by atoms with van der Waals surface area (Å²) >= 11 is 0. The molecule has 148 valence electrons. The average Bonchev–Trinajstić information content (AvgIpc) is 3.38. The first-order chi connectivity index (χ1) is 13.7. The molecule has 6 heteroatoms. The maximum absolute atomic E-state index is 12.5. The summed E-state index contributed by atoms with van der Waals surface area (Å²) in [5.41, 5.74) is 4.14. The van der Waals surface area contributed by atoms with Crippen LogP contribution in [-0.4, -0.2) is 54.6 Å². The average molecular weight is 382 g/mol. The van der Waals surface area contributed by atoms with Crippen molar-refractivity contribution in [2.45, 2.75) is 44.8 Å². The van der Waals surface area contributed by atoms with E-state index in [0.29, 0.717) is 31.8 Å². The number of nitrogens with zero attached hydrogens (tertiary/aromatic N) is 2. The topological polar surface area (TPSA) is 63.0 Å². The Hall–Kier alpha value is -2.18. The third kappa shape index (κ3) is 3.35. The molecule has 0 N–H and O–H groups in total. The molecule has 1 aromatic heterocycles. The van der Waals surface area contributed by atoms with E-state index < -0.39 is 0 Å². The van der Waals surface area contributed by atoms with Gasteiger partial charge in [-0.3, -0.25) is 9.69 Å². The molecule has 2 saturated heterocycles. The molecular formula is C22H26N2O4. The lowest BCUT2D eigenvalue weighted by Gasteiger charge is -2.35. The summed E-state index contributed by atoms with van der Waals surface area (Å²) in [5, 5.41) is 1.05. The molecule has 1 amide bonds. The molecule has 1 atom stereocenters. The van der Waals surface area contributed by atoms with E-state index in [0.717, 1.165) is 49.7 Å². The summed E-state index contributed by atoms with van der Waals surface area (Å²) in [6.45, 7) is 4.46. The van der Waals surface area contributed by atoms with Crippen molar-refractivity contribution in [1.82, 2.24) is 9.80 Å². The zero-order valence-corrected chi connectivity index (χ0v) is 16.1. The van der Waals surface area contributed by atoms with E-state index in [1.807, 2.05) is 4.90 Å². The minimum Gasteiger partial charge on any atom is -0.423 e. The molecular weight excluding hydrogens is 356 g/mol. The molecule has 1 aromatic carbocycles. The maximum Gasteiger partial charge on any atom is 0.336 e. The van der Waals surface area contributed by atoms with Gasteiger partial charge in [0, 0.05) is 50.8 Å². The van der Waals surface area contributed by atoms with E-state index in [2.05, 4.69) is 17.0 Å². The van der Waals surface area contributed by atoms with Gasteiger partial charge in [0.25, 0.3) is 5.91 Å².